The summed E-state index contributed by atoms with van der Waals surface area (Å²) in [6.07, 6.45) is 4.08. The third-order valence-corrected chi connectivity index (χ3v) is 5.77. The number of hydrogen-bond donors (Lipinski definition) is 1. The molecule has 2 aromatic rings. The van der Waals surface area contributed by atoms with Gasteiger partial charge in [0.2, 0.25) is 0 Å². The molecule has 18 heavy (non-hydrogen) atoms. The average Bonchev–Trinajstić information content (AvgIpc) is 3.09. The zero-order valence-electron chi connectivity index (χ0n) is 10.6. The highest BCUT2D eigenvalue weighted by atomic mass is 32.1. The maximum absolute atomic E-state index is 3.89. The van der Waals surface area contributed by atoms with Crippen molar-refractivity contribution in [2.24, 2.45) is 5.92 Å². The van der Waals surface area contributed by atoms with E-state index < -0.39 is 0 Å². The van der Waals surface area contributed by atoms with E-state index in [1.165, 1.54) is 29.0 Å². The van der Waals surface area contributed by atoms with E-state index >= 15 is 0 Å². The van der Waals surface area contributed by atoms with Crippen molar-refractivity contribution in [3.05, 3.63) is 44.8 Å². The van der Waals surface area contributed by atoms with Gasteiger partial charge in [0, 0.05) is 15.8 Å². The fourth-order valence-corrected chi connectivity index (χ4v) is 4.50. The molecule has 96 valence electrons. The Hall–Kier alpha value is -0.640. The zero-order valence-corrected chi connectivity index (χ0v) is 12.3. The topological polar surface area (TPSA) is 12.0 Å². The summed E-state index contributed by atoms with van der Waals surface area (Å²) in [6.45, 7) is 2.38. The van der Waals surface area contributed by atoms with Gasteiger partial charge < -0.3 is 5.32 Å². The second-order valence-electron chi connectivity index (χ2n) is 5.15. The molecule has 2 atom stereocenters. The first kappa shape index (κ1) is 12.4. The minimum absolute atomic E-state index is 0.399. The molecule has 3 rings (SSSR count). The zero-order chi connectivity index (χ0) is 12.4. The third-order valence-electron chi connectivity index (χ3n) is 3.90. The Bertz CT molecular complexity index is 426. The molecule has 1 fully saturated rings. The average molecular weight is 277 g/mol. The van der Waals surface area contributed by atoms with E-state index in [0.717, 1.165) is 5.92 Å². The van der Waals surface area contributed by atoms with E-state index in [0.29, 0.717) is 12.1 Å². The molecule has 0 amide bonds. The van der Waals surface area contributed by atoms with E-state index in [4.69, 9.17) is 0 Å². The molecule has 2 unspecified atom stereocenters. The van der Waals surface area contributed by atoms with E-state index in [1.54, 1.807) is 0 Å². The van der Waals surface area contributed by atoms with Gasteiger partial charge >= 0.3 is 0 Å². The van der Waals surface area contributed by atoms with Crippen LogP contribution in [0.1, 0.15) is 42.0 Å². The molecule has 1 saturated carbocycles. The van der Waals surface area contributed by atoms with Gasteiger partial charge in [-0.3, -0.25) is 0 Å². The third kappa shape index (κ3) is 2.53. The van der Waals surface area contributed by atoms with Crippen LogP contribution in [0.25, 0.3) is 0 Å². The van der Waals surface area contributed by atoms with Crippen molar-refractivity contribution in [3.8, 4) is 0 Å². The number of rotatable bonds is 4. The van der Waals surface area contributed by atoms with Crippen LogP contribution in [0.5, 0.6) is 0 Å². The highest BCUT2D eigenvalue weighted by Crippen LogP contribution is 2.33. The molecule has 0 aromatic carbocycles. The Morgan fingerprint density at radius 2 is 1.78 bits per heavy atom. The molecule has 0 spiro atoms. The molecular weight excluding hydrogens is 258 g/mol. The van der Waals surface area contributed by atoms with Crippen LogP contribution in [0, 0.1) is 5.92 Å². The van der Waals surface area contributed by atoms with Gasteiger partial charge in [0.1, 0.15) is 0 Å². The maximum Gasteiger partial charge on any atom is 0.0767 e. The summed E-state index contributed by atoms with van der Waals surface area (Å²) in [4.78, 5) is 2.88. The van der Waals surface area contributed by atoms with Crippen LogP contribution in [-0.4, -0.2) is 6.04 Å². The summed E-state index contributed by atoms with van der Waals surface area (Å²) >= 11 is 3.72. The summed E-state index contributed by atoms with van der Waals surface area (Å²) in [7, 11) is 0. The molecule has 0 aliphatic heterocycles. The van der Waals surface area contributed by atoms with Crippen molar-refractivity contribution in [2.75, 3.05) is 0 Å². The van der Waals surface area contributed by atoms with Crippen LogP contribution in [0.2, 0.25) is 0 Å². The molecule has 1 nitrogen and oxygen atoms in total. The normalized spacial score (nSPS) is 23.9. The second kappa shape index (κ2) is 5.55. The van der Waals surface area contributed by atoms with Gasteiger partial charge in [-0.2, -0.15) is 0 Å². The van der Waals surface area contributed by atoms with Gasteiger partial charge in [0.15, 0.2) is 0 Å². The lowest BCUT2D eigenvalue weighted by Crippen LogP contribution is -2.34. The number of thiophene rings is 2. The van der Waals surface area contributed by atoms with Crippen LogP contribution in [0.3, 0.4) is 0 Å². The molecule has 1 aliphatic carbocycles. The van der Waals surface area contributed by atoms with Gasteiger partial charge in [-0.1, -0.05) is 25.5 Å². The molecule has 1 aliphatic rings. The fraction of sp³-hybridized carbons (Fsp3) is 0.467. The SMILES string of the molecule is CC1CCCC1NC(c1cccs1)c1cccs1. The van der Waals surface area contributed by atoms with Crippen molar-refractivity contribution in [1.29, 1.82) is 0 Å². The molecule has 3 heteroatoms. The van der Waals surface area contributed by atoms with Crippen molar-refractivity contribution < 1.29 is 0 Å². The van der Waals surface area contributed by atoms with Gasteiger partial charge in [0.05, 0.1) is 6.04 Å². The monoisotopic (exact) mass is 277 g/mol. The van der Waals surface area contributed by atoms with Crippen LogP contribution < -0.4 is 5.32 Å². The lowest BCUT2D eigenvalue weighted by atomic mass is 10.0. The molecule has 0 saturated heterocycles. The van der Waals surface area contributed by atoms with Gasteiger partial charge in [-0.15, -0.1) is 22.7 Å². The fourth-order valence-electron chi connectivity index (χ4n) is 2.82. The Labute approximate surface area is 117 Å². The second-order valence-corrected chi connectivity index (χ2v) is 7.10. The van der Waals surface area contributed by atoms with Crippen LogP contribution >= 0.6 is 22.7 Å². The molecule has 1 N–H and O–H groups in total. The highest BCUT2D eigenvalue weighted by Gasteiger charge is 2.27. The quantitative estimate of drug-likeness (QED) is 0.856. The highest BCUT2D eigenvalue weighted by molar-refractivity contribution is 7.11. The van der Waals surface area contributed by atoms with Crippen molar-refractivity contribution in [3.63, 3.8) is 0 Å². The van der Waals surface area contributed by atoms with Crippen molar-refractivity contribution >= 4 is 22.7 Å². The summed E-state index contributed by atoms with van der Waals surface area (Å²) in [5.41, 5.74) is 0. The van der Waals surface area contributed by atoms with E-state index in [1.807, 2.05) is 22.7 Å². The molecule has 2 aromatic heterocycles. The van der Waals surface area contributed by atoms with Crippen LogP contribution in [-0.2, 0) is 0 Å². The molecule has 0 radical (unpaired) electrons. The largest absolute Gasteiger partial charge is 0.302 e. The molecule has 0 bridgehead atoms. The van der Waals surface area contributed by atoms with Gasteiger partial charge in [-0.05, 0) is 41.7 Å². The maximum atomic E-state index is 3.89. The first-order valence-corrected chi connectivity index (χ1v) is 8.43. The Morgan fingerprint density at radius 1 is 1.11 bits per heavy atom. The predicted octanol–water partition coefficient (Wildman–Crippen LogP) is 4.68. The summed E-state index contributed by atoms with van der Waals surface area (Å²) in [6, 6.07) is 9.89. The molecule has 2 heterocycles. The van der Waals surface area contributed by atoms with Crippen molar-refractivity contribution in [1.82, 2.24) is 5.32 Å². The first-order chi connectivity index (χ1) is 8.84. The molecular formula is C15H19NS2. The standard InChI is InChI=1S/C15H19NS2/c1-11-5-2-6-12(11)16-15(13-7-3-9-17-13)14-8-4-10-18-14/h3-4,7-12,15-16H,2,5-6H2,1H3. The Balaban J connectivity index is 1.82. The predicted molar refractivity (Wildman–Crippen MR) is 80.4 cm³/mol. The van der Waals surface area contributed by atoms with Crippen LogP contribution in [0.15, 0.2) is 35.0 Å². The number of hydrogen-bond acceptors (Lipinski definition) is 3. The van der Waals surface area contributed by atoms with E-state index in [9.17, 15) is 0 Å². The minimum atomic E-state index is 0.399. The number of nitrogens with one attached hydrogen (secondary N) is 1. The van der Waals surface area contributed by atoms with Crippen molar-refractivity contribution in [2.45, 2.75) is 38.3 Å². The summed E-state index contributed by atoms with van der Waals surface area (Å²) in [5.74, 6) is 0.812. The smallest absolute Gasteiger partial charge is 0.0767 e. The first-order valence-electron chi connectivity index (χ1n) is 6.67. The van der Waals surface area contributed by atoms with E-state index in [-0.39, 0.29) is 0 Å². The summed E-state index contributed by atoms with van der Waals surface area (Å²) in [5, 5.41) is 8.24. The minimum Gasteiger partial charge on any atom is -0.302 e. The van der Waals surface area contributed by atoms with Gasteiger partial charge in [-0.25, -0.2) is 0 Å². The van der Waals surface area contributed by atoms with Crippen LogP contribution in [0.4, 0.5) is 0 Å². The summed E-state index contributed by atoms with van der Waals surface area (Å²) < 4.78 is 0. The lowest BCUT2D eigenvalue weighted by molar-refractivity contribution is 0.404. The Kier molecular flexibility index (Phi) is 3.83. The van der Waals surface area contributed by atoms with Gasteiger partial charge in [0.25, 0.3) is 0 Å². The van der Waals surface area contributed by atoms with E-state index in [2.05, 4.69) is 47.3 Å². The Morgan fingerprint density at radius 3 is 2.22 bits per heavy atom. The lowest BCUT2D eigenvalue weighted by Gasteiger charge is -2.24.